The lowest BCUT2D eigenvalue weighted by Gasteiger charge is -2.10. The Hall–Kier alpha value is -4.12. The van der Waals surface area contributed by atoms with E-state index in [-0.39, 0.29) is 5.91 Å². The van der Waals surface area contributed by atoms with Gasteiger partial charge >= 0.3 is 18.1 Å². The minimum Gasteiger partial charge on any atom is -0.478 e. The molecule has 0 fully saturated rings. The molecule has 0 aliphatic heterocycles. The summed E-state index contributed by atoms with van der Waals surface area (Å²) in [5.41, 5.74) is 9.16. The van der Waals surface area contributed by atoms with Crippen molar-refractivity contribution in [2.45, 2.75) is 6.18 Å². The number of carbonyl (C=O) groups is 3. The molecule has 11 heteroatoms. The van der Waals surface area contributed by atoms with Gasteiger partial charge in [-0.2, -0.15) is 13.2 Å². The standard InChI is InChI=1S/C20H16N2O3S.C2HF3O2/c21-16-9-8-15(18-2-1-11-26-18)12-17(16)22-20(25)14-6-3-13(4-7-14)5-10-19(23)24;3-2(4,5)1(6)7/h1-12H,21H2,(H,22,25)(H,23,24);(H,6,7)/b10-5+;. The number of rotatable bonds is 5. The molecule has 0 spiro atoms. The third-order valence-electron chi connectivity index (χ3n) is 3.94. The molecule has 7 nitrogen and oxygen atoms in total. The first kappa shape index (κ1) is 25.1. The van der Waals surface area contributed by atoms with Crippen molar-refractivity contribution in [1.82, 2.24) is 0 Å². The molecule has 0 atom stereocenters. The van der Waals surface area contributed by atoms with Gasteiger partial charge in [0.25, 0.3) is 5.91 Å². The van der Waals surface area contributed by atoms with Crippen molar-refractivity contribution in [3.63, 3.8) is 0 Å². The molecule has 0 unspecified atom stereocenters. The monoisotopic (exact) mass is 478 g/mol. The van der Waals surface area contributed by atoms with Gasteiger partial charge in [0.05, 0.1) is 11.4 Å². The average Bonchev–Trinajstić information content (AvgIpc) is 3.29. The number of nitrogen functional groups attached to an aromatic ring is 1. The number of carbonyl (C=O) groups excluding carboxylic acids is 1. The molecule has 0 aliphatic rings. The number of anilines is 2. The Labute approximate surface area is 189 Å². The van der Waals surface area contributed by atoms with E-state index in [1.165, 1.54) is 6.08 Å². The summed E-state index contributed by atoms with van der Waals surface area (Å²) in [6.07, 6.45) is -2.57. The van der Waals surface area contributed by atoms with Gasteiger partial charge in [0.15, 0.2) is 0 Å². The summed E-state index contributed by atoms with van der Waals surface area (Å²) < 4.78 is 31.7. The Bertz CT molecular complexity index is 1160. The van der Waals surface area contributed by atoms with Crippen LogP contribution in [-0.2, 0) is 9.59 Å². The first-order valence-electron chi connectivity index (χ1n) is 9.03. The Balaban J connectivity index is 0.000000479. The van der Waals surface area contributed by atoms with Crippen molar-refractivity contribution < 1.29 is 37.8 Å². The number of halogens is 3. The van der Waals surface area contributed by atoms with Gasteiger partial charge in [-0.15, -0.1) is 11.3 Å². The van der Waals surface area contributed by atoms with Crippen LogP contribution >= 0.6 is 11.3 Å². The zero-order valence-electron chi connectivity index (χ0n) is 16.7. The van der Waals surface area contributed by atoms with E-state index in [0.29, 0.717) is 22.5 Å². The maximum atomic E-state index is 12.5. The van der Waals surface area contributed by atoms with Crippen molar-refractivity contribution in [1.29, 1.82) is 0 Å². The predicted molar refractivity (Wildman–Crippen MR) is 119 cm³/mol. The topological polar surface area (TPSA) is 130 Å². The molecular weight excluding hydrogens is 461 g/mol. The highest BCUT2D eigenvalue weighted by Gasteiger charge is 2.38. The van der Waals surface area contributed by atoms with Gasteiger partial charge in [0.1, 0.15) is 0 Å². The normalized spacial score (nSPS) is 10.9. The van der Waals surface area contributed by atoms with Gasteiger partial charge in [-0.3, -0.25) is 4.79 Å². The van der Waals surface area contributed by atoms with Crippen molar-refractivity contribution in [2.24, 2.45) is 0 Å². The minimum atomic E-state index is -5.08. The van der Waals surface area contributed by atoms with Crippen LogP contribution < -0.4 is 11.1 Å². The summed E-state index contributed by atoms with van der Waals surface area (Å²) >= 11 is 1.61. The molecule has 0 aliphatic carbocycles. The number of nitrogens with two attached hydrogens (primary N) is 1. The highest BCUT2D eigenvalue weighted by atomic mass is 32.1. The quantitative estimate of drug-likeness (QED) is 0.302. The molecule has 0 bridgehead atoms. The number of amides is 1. The van der Waals surface area contributed by atoms with Crippen LogP contribution in [0.4, 0.5) is 24.5 Å². The van der Waals surface area contributed by atoms with E-state index in [0.717, 1.165) is 16.5 Å². The summed E-state index contributed by atoms with van der Waals surface area (Å²) in [5, 5.41) is 20.6. The molecule has 0 radical (unpaired) electrons. The van der Waals surface area contributed by atoms with Crippen LogP contribution in [0.15, 0.2) is 66.1 Å². The lowest BCUT2D eigenvalue weighted by molar-refractivity contribution is -0.192. The van der Waals surface area contributed by atoms with Gasteiger partial charge in [-0.25, -0.2) is 9.59 Å². The van der Waals surface area contributed by atoms with Crippen LogP contribution in [0.3, 0.4) is 0 Å². The van der Waals surface area contributed by atoms with E-state index in [9.17, 15) is 22.8 Å². The zero-order chi connectivity index (χ0) is 24.6. The molecule has 3 rings (SSSR count). The minimum absolute atomic E-state index is 0.284. The lowest BCUT2D eigenvalue weighted by Crippen LogP contribution is -2.21. The van der Waals surface area contributed by atoms with E-state index in [2.05, 4.69) is 5.32 Å². The first-order valence-corrected chi connectivity index (χ1v) is 9.91. The SMILES string of the molecule is Nc1ccc(-c2cccs2)cc1NC(=O)c1ccc(/C=C/C(=O)O)cc1.O=C(O)C(F)(F)F. The number of carboxylic acids is 2. The molecule has 3 aromatic rings. The molecule has 5 N–H and O–H groups in total. The number of hydrogen-bond acceptors (Lipinski definition) is 5. The third-order valence-corrected chi connectivity index (χ3v) is 4.86. The highest BCUT2D eigenvalue weighted by molar-refractivity contribution is 7.13. The summed E-state index contributed by atoms with van der Waals surface area (Å²) in [6.45, 7) is 0. The number of nitrogens with one attached hydrogen (secondary N) is 1. The number of hydrogen-bond donors (Lipinski definition) is 4. The number of aliphatic carboxylic acids is 2. The molecule has 1 amide bonds. The molecule has 172 valence electrons. The largest absolute Gasteiger partial charge is 0.490 e. The van der Waals surface area contributed by atoms with E-state index >= 15 is 0 Å². The summed E-state index contributed by atoms with van der Waals surface area (Å²) in [6, 6.07) is 16.1. The zero-order valence-corrected chi connectivity index (χ0v) is 17.5. The number of alkyl halides is 3. The smallest absolute Gasteiger partial charge is 0.478 e. The van der Waals surface area contributed by atoms with Crippen molar-refractivity contribution in [2.75, 3.05) is 11.1 Å². The molecule has 1 heterocycles. The van der Waals surface area contributed by atoms with E-state index in [4.69, 9.17) is 20.7 Å². The van der Waals surface area contributed by atoms with Crippen LogP contribution in [0.5, 0.6) is 0 Å². The van der Waals surface area contributed by atoms with Crippen LogP contribution in [-0.4, -0.2) is 34.2 Å². The van der Waals surface area contributed by atoms with Crippen molar-refractivity contribution in [3.05, 3.63) is 77.2 Å². The Kier molecular flexibility index (Phi) is 8.35. The second-order valence-corrected chi connectivity index (χ2v) is 7.28. The fourth-order valence-electron chi connectivity index (χ4n) is 2.37. The fourth-order valence-corrected chi connectivity index (χ4v) is 3.09. The summed E-state index contributed by atoms with van der Waals surface area (Å²) in [7, 11) is 0. The first-order chi connectivity index (χ1) is 15.5. The van der Waals surface area contributed by atoms with Gasteiger partial charge < -0.3 is 21.3 Å². The molecule has 2 aromatic carbocycles. The predicted octanol–water partition coefficient (Wildman–Crippen LogP) is 4.98. The molecule has 0 saturated carbocycles. The van der Waals surface area contributed by atoms with Crippen LogP contribution in [0.1, 0.15) is 15.9 Å². The third kappa shape index (κ3) is 7.82. The second-order valence-electron chi connectivity index (χ2n) is 6.33. The van der Waals surface area contributed by atoms with Gasteiger partial charge in [-0.05, 0) is 52.9 Å². The van der Waals surface area contributed by atoms with E-state index in [1.54, 1.807) is 41.7 Å². The Morgan fingerprint density at radius 1 is 1.00 bits per heavy atom. The summed E-state index contributed by atoms with van der Waals surface area (Å²) in [4.78, 5) is 33.0. The number of carboxylic acid groups (broad SMARTS) is 2. The van der Waals surface area contributed by atoms with Gasteiger partial charge in [-0.1, -0.05) is 24.3 Å². The highest BCUT2D eigenvalue weighted by Crippen LogP contribution is 2.30. The van der Waals surface area contributed by atoms with Gasteiger partial charge in [0.2, 0.25) is 0 Å². The molecule has 1 aromatic heterocycles. The van der Waals surface area contributed by atoms with Crippen molar-refractivity contribution >= 4 is 46.6 Å². The van der Waals surface area contributed by atoms with Crippen LogP contribution in [0, 0.1) is 0 Å². The fraction of sp³-hybridized carbons (Fsp3) is 0.0455. The Morgan fingerprint density at radius 2 is 1.64 bits per heavy atom. The Morgan fingerprint density at radius 3 is 2.15 bits per heavy atom. The van der Waals surface area contributed by atoms with Gasteiger partial charge in [0, 0.05) is 16.5 Å². The van der Waals surface area contributed by atoms with E-state index < -0.39 is 18.1 Å². The maximum absolute atomic E-state index is 12.5. The average molecular weight is 478 g/mol. The van der Waals surface area contributed by atoms with Crippen LogP contribution in [0.2, 0.25) is 0 Å². The number of benzene rings is 2. The number of thiophene rings is 1. The molecular formula is C22H17F3N2O5S. The lowest BCUT2D eigenvalue weighted by atomic mass is 10.1. The maximum Gasteiger partial charge on any atom is 0.490 e. The molecule has 0 saturated heterocycles. The second kappa shape index (κ2) is 11.0. The molecule has 33 heavy (non-hydrogen) atoms. The summed E-state index contributed by atoms with van der Waals surface area (Å²) in [5.74, 6) is -4.06. The van der Waals surface area contributed by atoms with Crippen molar-refractivity contribution in [3.8, 4) is 10.4 Å². The van der Waals surface area contributed by atoms with Crippen LogP contribution in [0.25, 0.3) is 16.5 Å². The van der Waals surface area contributed by atoms with E-state index in [1.807, 2.05) is 29.6 Å².